The topological polar surface area (TPSA) is 29.1 Å². The summed E-state index contributed by atoms with van der Waals surface area (Å²) in [6.45, 7) is 0. The summed E-state index contributed by atoms with van der Waals surface area (Å²) < 4.78 is 5.07. The molecule has 1 amide bonds. The standard InChI is InChI=1S/C17H11.C7H13NO.2CH3.2ClH.H4Si.Ti/c1-3-8-14-12(6-1)13-7-2-4-9-15(13)17-11-5-10-16(14)17;8-7(9)6-4-2-1-3-5-6;;;;;;/h1-4,6-10H,11H2;6H,1-5H2,(H2,8,9);2*1H3;2*1H;1H4;/q;;;;;;;+3/p-3. The van der Waals surface area contributed by atoms with E-state index in [9.17, 15) is 4.79 Å². The summed E-state index contributed by atoms with van der Waals surface area (Å²) in [6, 6.07) is 17.5. The third-order valence-corrected chi connectivity index (χ3v) is 11.4. The summed E-state index contributed by atoms with van der Waals surface area (Å²) in [7, 11) is 0. The smallest absolute Gasteiger partial charge is 0.0149 e. The number of carbonyl (C=O) groups excluding carboxylic acids is 1. The first-order valence-electron chi connectivity index (χ1n) is 11.0. The van der Waals surface area contributed by atoms with Crippen LogP contribution in [0.3, 0.4) is 0 Å². The van der Waals surface area contributed by atoms with E-state index >= 15 is 0 Å². The molecule has 0 aliphatic heterocycles. The van der Waals surface area contributed by atoms with Crippen LogP contribution < -0.4 is 28.6 Å². The zero-order chi connectivity index (χ0) is 20.0. The van der Waals surface area contributed by atoms with Crippen LogP contribution in [0.2, 0.25) is 10.5 Å². The van der Waals surface area contributed by atoms with E-state index in [2.05, 4.69) is 68.9 Å². The minimum Gasteiger partial charge on any atom is -1.00 e. The Morgan fingerprint density at radius 3 is 2.00 bits per heavy atom. The summed E-state index contributed by atoms with van der Waals surface area (Å²) in [4.78, 5) is 13.0. The fourth-order valence-electron chi connectivity index (χ4n) is 5.27. The molecule has 6 heteroatoms. The average molecular weight is 522 g/mol. The molecule has 0 saturated heterocycles. The van der Waals surface area contributed by atoms with Crippen molar-refractivity contribution in [2.45, 2.75) is 49.0 Å². The number of benzene rings is 3. The predicted octanol–water partition coefficient (Wildman–Crippen LogP) is -0.692. The Bertz CT molecular complexity index is 1160. The van der Waals surface area contributed by atoms with Crippen LogP contribution in [0, 0.1) is 5.92 Å². The number of carbonyl (C=O) groups is 1. The second-order valence-electron chi connectivity index (χ2n) is 9.28. The molecule has 170 valence electrons. The predicted molar refractivity (Wildman–Crippen MR) is 131 cm³/mol. The van der Waals surface area contributed by atoms with Gasteiger partial charge in [0.05, 0.1) is 0 Å². The molecule has 1 N–H and O–H groups in total. The third-order valence-electron chi connectivity index (χ3n) is 6.98. The molecule has 3 aromatic carbocycles. The van der Waals surface area contributed by atoms with E-state index in [-0.39, 0.29) is 41.7 Å². The van der Waals surface area contributed by atoms with Gasteiger partial charge in [-0.2, -0.15) is 0 Å². The summed E-state index contributed by atoms with van der Waals surface area (Å²) in [5.41, 5.74) is 2.82. The van der Waals surface area contributed by atoms with Crippen molar-refractivity contribution >= 4 is 44.5 Å². The van der Waals surface area contributed by atoms with Crippen LogP contribution in [0.5, 0.6) is 0 Å². The van der Waals surface area contributed by atoms with Gasteiger partial charge in [0.1, 0.15) is 0 Å². The van der Waals surface area contributed by atoms with Crippen LogP contribution in [0.15, 0.2) is 52.4 Å². The molecule has 0 unspecified atom stereocenters. The van der Waals surface area contributed by atoms with Crippen molar-refractivity contribution in [3.05, 3.63) is 63.5 Å². The average Bonchev–Trinajstić information content (AvgIpc) is 3.21. The van der Waals surface area contributed by atoms with Crippen LogP contribution in [-0.2, 0) is 28.1 Å². The van der Waals surface area contributed by atoms with Crippen LogP contribution >= 0.6 is 0 Å². The molecule has 32 heavy (non-hydrogen) atoms. The van der Waals surface area contributed by atoms with Gasteiger partial charge in [0, 0.05) is 0 Å². The van der Waals surface area contributed by atoms with E-state index in [1.54, 1.807) is 0 Å². The van der Waals surface area contributed by atoms with E-state index in [4.69, 9.17) is 0 Å². The summed E-state index contributed by atoms with van der Waals surface area (Å²) in [6.07, 6.45) is 9.24. The minimum atomic E-state index is -2.62. The van der Waals surface area contributed by atoms with E-state index in [1.807, 2.05) is 0 Å². The molecule has 2 nitrogen and oxygen atoms in total. The minimum absolute atomic E-state index is 0. The van der Waals surface area contributed by atoms with Gasteiger partial charge >= 0.3 is 177 Å². The molecule has 0 heterocycles. The Balaban J connectivity index is 0.00000121. The van der Waals surface area contributed by atoms with Crippen LogP contribution in [-0.4, -0.2) is 16.9 Å². The molecular formula is C26H33Cl2NOSiTi. The van der Waals surface area contributed by atoms with Gasteiger partial charge in [-0.15, -0.1) is 0 Å². The summed E-state index contributed by atoms with van der Waals surface area (Å²) in [5.74, 6) is 0.556. The van der Waals surface area contributed by atoms with Crippen LogP contribution in [0.4, 0.5) is 0 Å². The maximum absolute atomic E-state index is 13.0. The normalized spacial score (nSPS) is 15.2. The molecule has 5 rings (SSSR count). The van der Waals surface area contributed by atoms with Crippen molar-refractivity contribution in [1.82, 2.24) is 3.80 Å². The Hall–Kier alpha value is -1.10. The first-order chi connectivity index (χ1) is 14.0. The quantitative estimate of drug-likeness (QED) is 0.358. The largest absolute Gasteiger partial charge is 1.00 e. The van der Waals surface area contributed by atoms with E-state index in [0.29, 0.717) is 5.91 Å². The van der Waals surface area contributed by atoms with Crippen molar-refractivity contribution in [3.8, 4) is 0 Å². The van der Waals surface area contributed by atoms with Gasteiger partial charge < -0.3 is 24.8 Å². The van der Waals surface area contributed by atoms with Gasteiger partial charge in [-0.3, -0.25) is 0 Å². The molecular weight excluding hydrogens is 489 g/mol. The fourth-order valence-corrected chi connectivity index (χ4v) is 8.56. The van der Waals surface area contributed by atoms with Gasteiger partial charge in [-0.1, -0.05) is 0 Å². The van der Waals surface area contributed by atoms with Gasteiger partial charge in [0.15, 0.2) is 0 Å². The number of nitrogens with one attached hydrogen (secondary N) is 1. The van der Waals surface area contributed by atoms with Gasteiger partial charge in [0.2, 0.25) is 0 Å². The molecule has 0 radical (unpaired) electrons. The molecule has 2 aliphatic carbocycles. The zero-order valence-corrected chi connectivity index (χ0v) is 21.3. The number of halogens is 2. The van der Waals surface area contributed by atoms with E-state index in [1.165, 1.54) is 55.8 Å². The first-order valence-corrected chi connectivity index (χ1v) is 15.7. The molecule has 0 atom stereocenters. The molecule has 0 aromatic heterocycles. The maximum atomic E-state index is 13.0. The number of hydrogen-bond donors (Lipinski definition) is 1. The Morgan fingerprint density at radius 2 is 1.38 bits per heavy atom. The first kappa shape index (κ1) is 27.1. The van der Waals surface area contributed by atoms with Crippen molar-refractivity contribution in [3.63, 3.8) is 0 Å². The van der Waals surface area contributed by atoms with Crippen molar-refractivity contribution < 1.29 is 46.5 Å². The van der Waals surface area contributed by atoms with Gasteiger partial charge in [-0.05, 0) is 11.0 Å². The van der Waals surface area contributed by atoms with Crippen molar-refractivity contribution in [2.75, 3.05) is 0 Å². The fraction of sp³-hybridized carbons (Fsp3) is 0.346. The Labute approximate surface area is 212 Å². The molecule has 3 aromatic rings. The monoisotopic (exact) mass is 521 g/mol. The van der Waals surface area contributed by atoms with E-state index < -0.39 is 16.8 Å². The van der Waals surface area contributed by atoms with Crippen molar-refractivity contribution in [1.29, 1.82) is 0 Å². The number of allylic oxidation sites excluding steroid dienone is 1. The molecule has 0 bridgehead atoms. The molecule has 0 spiro atoms. The Kier molecular flexibility index (Phi) is 9.23. The number of amides is 1. The second-order valence-corrected chi connectivity index (χ2v) is 15.7. The number of fused-ring (bicyclic) bond motifs is 6. The SMILES string of the molecule is [CH3][Ti+2]([CH3])([NH]C(=O)C1CCCCC1)[C]1=Cc2c(c3ccccc3c3ccccc23)C1.[Cl-].[Cl-].[SiH4]. The van der Waals surface area contributed by atoms with Gasteiger partial charge in [0.25, 0.3) is 0 Å². The van der Waals surface area contributed by atoms with E-state index in [0.717, 1.165) is 19.3 Å². The van der Waals surface area contributed by atoms with Crippen molar-refractivity contribution in [2.24, 2.45) is 5.92 Å². The van der Waals surface area contributed by atoms with Crippen LogP contribution in [0.25, 0.3) is 27.6 Å². The number of rotatable bonds is 3. The van der Waals surface area contributed by atoms with Gasteiger partial charge in [-0.25, -0.2) is 0 Å². The molecule has 1 fully saturated rings. The molecule has 1 saturated carbocycles. The number of hydrogen-bond acceptors (Lipinski definition) is 1. The summed E-state index contributed by atoms with van der Waals surface area (Å²) >= 11 is -2.62. The molecule has 2 aliphatic rings. The second kappa shape index (κ2) is 10.9. The third kappa shape index (κ3) is 4.88. The Morgan fingerprint density at radius 1 is 0.844 bits per heavy atom. The maximum Gasteiger partial charge on any atom is -0.0149 e. The zero-order valence-electron chi connectivity index (χ0n) is 18.2. The summed E-state index contributed by atoms with van der Waals surface area (Å²) in [5, 5.41) is 10.1. The van der Waals surface area contributed by atoms with Crippen LogP contribution in [0.1, 0.15) is 43.2 Å².